The van der Waals surface area contributed by atoms with Crippen molar-refractivity contribution in [3.8, 4) is 0 Å². The molecule has 0 aliphatic rings. The lowest BCUT2D eigenvalue weighted by atomic mass is 10.2. The van der Waals surface area contributed by atoms with E-state index in [0.29, 0.717) is 23.7 Å². The highest BCUT2D eigenvalue weighted by atomic mass is 35.5. The van der Waals surface area contributed by atoms with Gasteiger partial charge < -0.3 is 34.1 Å². The van der Waals surface area contributed by atoms with E-state index in [1.165, 1.54) is 36.4 Å². The Morgan fingerprint density at radius 1 is 0.893 bits per heavy atom. The number of hydrogen-bond donors (Lipinski definition) is 4. The second kappa shape index (κ2) is 9.52. The number of amides is 2. The van der Waals surface area contributed by atoms with Gasteiger partial charge in [0, 0.05) is 11.8 Å². The molecule has 146 valence electrons. The van der Waals surface area contributed by atoms with Crippen molar-refractivity contribution in [1.29, 1.82) is 0 Å². The smallest absolute Gasteiger partial charge is 0.323 e. The van der Waals surface area contributed by atoms with Crippen LogP contribution in [0.2, 0.25) is 0 Å². The summed E-state index contributed by atoms with van der Waals surface area (Å²) < 4.78 is 25.8. The summed E-state index contributed by atoms with van der Waals surface area (Å²) in [5.74, 6) is 0.224. The van der Waals surface area contributed by atoms with Crippen LogP contribution >= 0.6 is 0 Å². The molecule has 0 spiro atoms. The van der Waals surface area contributed by atoms with E-state index in [1.54, 1.807) is 24.3 Å². The van der Waals surface area contributed by atoms with Crippen LogP contribution in [0.5, 0.6) is 0 Å². The highest BCUT2D eigenvalue weighted by molar-refractivity contribution is 6.00. The van der Waals surface area contributed by atoms with Gasteiger partial charge in [0.25, 0.3) is 0 Å². The number of carbonyl (C=O) groups is 1. The molecule has 6 nitrogen and oxygen atoms in total. The summed E-state index contributed by atoms with van der Waals surface area (Å²) >= 11 is 0. The number of urea groups is 1. The maximum Gasteiger partial charge on any atom is 0.323 e. The normalized spacial score (nSPS) is 9.93. The van der Waals surface area contributed by atoms with Crippen molar-refractivity contribution in [3.05, 3.63) is 77.9 Å². The number of nitrogen functional groups attached to an aromatic ring is 1. The number of nitrogens with one attached hydrogen (secondary N) is 4. The average molecular weight is 406 g/mol. The quantitative estimate of drug-likeness (QED) is 0.501. The molecule has 0 aliphatic heterocycles. The molecule has 0 aliphatic carbocycles. The lowest BCUT2D eigenvalue weighted by molar-refractivity contribution is -0.342. The monoisotopic (exact) mass is 405 g/mol. The number of benzene rings is 2. The summed E-state index contributed by atoms with van der Waals surface area (Å²) in [6.45, 7) is 0.480. The number of nitrogens with two attached hydrogens (primary N) is 1. The van der Waals surface area contributed by atoms with Gasteiger partial charge >= 0.3 is 6.03 Å². The van der Waals surface area contributed by atoms with E-state index in [2.05, 4.69) is 20.9 Å². The van der Waals surface area contributed by atoms with Crippen molar-refractivity contribution in [2.45, 2.75) is 6.54 Å². The van der Waals surface area contributed by atoms with Crippen molar-refractivity contribution >= 4 is 29.0 Å². The summed E-state index contributed by atoms with van der Waals surface area (Å²) in [5.41, 5.74) is 7.68. The van der Waals surface area contributed by atoms with Crippen LogP contribution in [-0.2, 0) is 6.54 Å². The summed E-state index contributed by atoms with van der Waals surface area (Å²) in [4.78, 5) is 14.9. The highest BCUT2D eigenvalue weighted by Crippen LogP contribution is 2.16. The molecule has 0 unspecified atom stereocenters. The molecule has 0 saturated heterocycles. The lowest BCUT2D eigenvalue weighted by Crippen LogP contribution is -3.00. The number of halogens is 3. The Kier molecular flexibility index (Phi) is 7.11. The first-order chi connectivity index (χ1) is 13.0. The van der Waals surface area contributed by atoms with E-state index >= 15 is 0 Å². The molecule has 2 aromatic carbocycles. The second-order valence-electron chi connectivity index (χ2n) is 5.77. The molecule has 3 rings (SSSR count). The molecule has 28 heavy (non-hydrogen) atoms. The van der Waals surface area contributed by atoms with E-state index in [-0.39, 0.29) is 29.9 Å². The summed E-state index contributed by atoms with van der Waals surface area (Å²) in [6, 6.07) is 14.4. The zero-order chi connectivity index (χ0) is 19.2. The van der Waals surface area contributed by atoms with Gasteiger partial charge in [-0.15, -0.1) is 0 Å². The molecular weight excluding hydrogens is 388 g/mol. The number of aromatic nitrogens is 1. The van der Waals surface area contributed by atoms with Crippen molar-refractivity contribution in [1.82, 2.24) is 0 Å². The highest BCUT2D eigenvalue weighted by Gasteiger charge is 2.10. The van der Waals surface area contributed by atoms with Crippen LogP contribution in [0.1, 0.15) is 5.56 Å². The first kappa shape index (κ1) is 20.9. The maximum atomic E-state index is 12.9. The third-order valence-electron chi connectivity index (χ3n) is 3.72. The van der Waals surface area contributed by atoms with Gasteiger partial charge in [-0.2, -0.15) is 0 Å². The Morgan fingerprint density at radius 3 is 2.11 bits per heavy atom. The molecule has 0 bridgehead atoms. The molecule has 9 heteroatoms. The van der Waals surface area contributed by atoms with Crippen LogP contribution in [0.3, 0.4) is 0 Å². The zero-order valence-electron chi connectivity index (χ0n) is 14.6. The van der Waals surface area contributed by atoms with Gasteiger partial charge in [0.2, 0.25) is 11.6 Å². The summed E-state index contributed by atoms with van der Waals surface area (Å²) in [5, 5.41) is 8.31. The summed E-state index contributed by atoms with van der Waals surface area (Å²) in [6.07, 6.45) is 0. The molecule has 3 aromatic rings. The van der Waals surface area contributed by atoms with E-state index in [0.717, 1.165) is 5.56 Å². The van der Waals surface area contributed by atoms with Gasteiger partial charge in [-0.3, -0.25) is 0 Å². The Bertz CT molecular complexity index is 936. The largest absolute Gasteiger partial charge is 1.00 e. The first-order valence-electron chi connectivity index (χ1n) is 8.13. The van der Waals surface area contributed by atoms with E-state index < -0.39 is 6.03 Å². The number of aromatic amines is 1. The zero-order valence-corrected chi connectivity index (χ0v) is 15.4. The van der Waals surface area contributed by atoms with Gasteiger partial charge in [-0.25, -0.2) is 18.6 Å². The van der Waals surface area contributed by atoms with Crippen LogP contribution < -0.4 is 39.1 Å². The molecular formula is C19H18ClF2N5O. The standard InChI is InChI=1S/C19H17F2N5O.ClH/c20-13-3-1-12(2-4-13)11-23-17-10-9-16(18(22)26-17)25-19(27)24-15-7-5-14(21)6-8-15;/h1-10H,11H2,(H3,22,23,26)(H2,24,25,27);1H. The third kappa shape index (κ3) is 5.82. The minimum absolute atomic E-state index is 0. The molecule has 1 heterocycles. The number of rotatable bonds is 5. The number of carbonyl (C=O) groups excluding carboxylic acids is 1. The van der Waals surface area contributed by atoms with Crippen molar-refractivity contribution in [2.24, 2.45) is 0 Å². The number of hydrogen-bond acceptors (Lipinski definition) is 3. The molecule has 0 saturated carbocycles. The predicted molar refractivity (Wildman–Crippen MR) is 100 cm³/mol. The summed E-state index contributed by atoms with van der Waals surface area (Å²) in [7, 11) is 0. The van der Waals surface area contributed by atoms with Crippen LogP contribution in [0.4, 0.5) is 36.6 Å². The fraction of sp³-hybridized carbons (Fsp3) is 0.0526. The van der Waals surface area contributed by atoms with Gasteiger partial charge in [-0.05, 0) is 48.0 Å². The van der Waals surface area contributed by atoms with Crippen LogP contribution in [0.15, 0.2) is 60.7 Å². The minimum atomic E-state index is -0.506. The fourth-order valence-electron chi connectivity index (χ4n) is 2.34. The topological polar surface area (TPSA) is 93.3 Å². The number of H-pyrrole nitrogens is 1. The van der Waals surface area contributed by atoms with Gasteiger partial charge in [0.15, 0.2) is 0 Å². The molecule has 6 N–H and O–H groups in total. The van der Waals surface area contributed by atoms with Crippen molar-refractivity contribution < 1.29 is 31.0 Å². The average Bonchev–Trinajstić information content (AvgIpc) is 2.65. The SMILES string of the molecule is Nc1[nH+]c(NCc2ccc(F)cc2)ccc1NC(=O)Nc1ccc(F)cc1.[Cl-]. The Hall–Kier alpha value is -3.39. The molecule has 1 aromatic heterocycles. The van der Waals surface area contributed by atoms with Crippen molar-refractivity contribution in [2.75, 3.05) is 21.7 Å². The Morgan fingerprint density at radius 2 is 1.50 bits per heavy atom. The molecule has 0 radical (unpaired) electrons. The van der Waals surface area contributed by atoms with Crippen molar-refractivity contribution in [3.63, 3.8) is 0 Å². The van der Waals surface area contributed by atoms with Crippen LogP contribution in [0, 0.1) is 11.6 Å². The lowest BCUT2D eigenvalue weighted by Gasteiger charge is -2.09. The number of pyridine rings is 1. The molecule has 0 atom stereocenters. The van der Waals surface area contributed by atoms with Crippen LogP contribution in [-0.4, -0.2) is 6.03 Å². The fourth-order valence-corrected chi connectivity index (χ4v) is 2.34. The third-order valence-corrected chi connectivity index (χ3v) is 3.72. The second-order valence-corrected chi connectivity index (χ2v) is 5.77. The minimum Gasteiger partial charge on any atom is -1.00 e. The Labute approximate surface area is 166 Å². The number of anilines is 4. The van der Waals surface area contributed by atoms with E-state index in [1.807, 2.05) is 0 Å². The Balaban J connectivity index is 0.00000280. The first-order valence-corrected chi connectivity index (χ1v) is 8.13. The van der Waals surface area contributed by atoms with Gasteiger partial charge in [0.05, 0.1) is 6.54 Å². The van der Waals surface area contributed by atoms with Crippen LogP contribution in [0.25, 0.3) is 0 Å². The maximum absolute atomic E-state index is 12.9. The van der Waals surface area contributed by atoms with E-state index in [9.17, 15) is 13.6 Å². The molecule has 0 fully saturated rings. The molecule has 2 amide bonds. The van der Waals surface area contributed by atoms with Gasteiger partial charge in [-0.1, -0.05) is 12.1 Å². The van der Waals surface area contributed by atoms with Gasteiger partial charge in [0.1, 0.15) is 17.3 Å². The predicted octanol–water partition coefficient (Wildman–Crippen LogP) is 0.621. The van der Waals surface area contributed by atoms with E-state index in [4.69, 9.17) is 5.73 Å².